The predicted octanol–water partition coefficient (Wildman–Crippen LogP) is 3.96. The van der Waals surface area contributed by atoms with Gasteiger partial charge < -0.3 is 9.64 Å². The van der Waals surface area contributed by atoms with Gasteiger partial charge in [0.25, 0.3) is 0 Å². The molecule has 0 unspecified atom stereocenters. The lowest BCUT2D eigenvalue weighted by Gasteiger charge is -2.28. The summed E-state index contributed by atoms with van der Waals surface area (Å²) in [5.41, 5.74) is 4.34. The number of anilines is 1. The Morgan fingerprint density at radius 2 is 1.60 bits per heavy atom. The number of nitrogens with zero attached hydrogens (tertiary/aromatic N) is 3. The lowest BCUT2D eigenvalue weighted by atomic mass is 10.1. The number of benzene rings is 2. The number of morpholine rings is 1. The SMILES string of the molecule is Cc1cccc(-c2cc(N3CCOCC3)nc(-c3ccccc3)n2)c1. The summed E-state index contributed by atoms with van der Waals surface area (Å²) in [6.07, 6.45) is 0. The molecule has 0 amide bonds. The molecule has 1 fully saturated rings. The van der Waals surface area contributed by atoms with E-state index >= 15 is 0 Å². The second-order valence-electron chi connectivity index (χ2n) is 6.27. The van der Waals surface area contributed by atoms with Crippen LogP contribution in [0.2, 0.25) is 0 Å². The molecule has 4 nitrogen and oxygen atoms in total. The smallest absolute Gasteiger partial charge is 0.162 e. The summed E-state index contributed by atoms with van der Waals surface area (Å²) in [4.78, 5) is 12.0. The van der Waals surface area contributed by atoms with Gasteiger partial charge in [-0.05, 0) is 13.0 Å². The summed E-state index contributed by atoms with van der Waals surface area (Å²) in [6.45, 7) is 5.30. The molecule has 4 rings (SSSR count). The zero-order chi connectivity index (χ0) is 17.1. The van der Waals surface area contributed by atoms with Gasteiger partial charge in [0.05, 0.1) is 18.9 Å². The first-order valence-corrected chi connectivity index (χ1v) is 8.64. The fraction of sp³-hybridized carbons (Fsp3) is 0.238. The van der Waals surface area contributed by atoms with E-state index < -0.39 is 0 Å². The van der Waals surface area contributed by atoms with Crippen LogP contribution in [0.4, 0.5) is 5.82 Å². The van der Waals surface area contributed by atoms with Crippen LogP contribution in [0.15, 0.2) is 60.7 Å². The average Bonchev–Trinajstić information content (AvgIpc) is 2.69. The fourth-order valence-electron chi connectivity index (χ4n) is 3.06. The number of aromatic nitrogens is 2. The number of ether oxygens (including phenoxy) is 1. The molecule has 2 heterocycles. The molecule has 0 bridgehead atoms. The Balaban J connectivity index is 1.82. The molecule has 2 aromatic carbocycles. The van der Waals surface area contributed by atoms with E-state index in [2.05, 4.69) is 54.3 Å². The van der Waals surface area contributed by atoms with Gasteiger partial charge in [-0.2, -0.15) is 0 Å². The van der Waals surface area contributed by atoms with Gasteiger partial charge in [0, 0.05) is 30.3 Å². The van der Waals surface area contributed by atoms with Crippen LogP contribution in [0.25, 0.3) is 22.6 Å². The molecule has 1 aromatic heterocycles. The maximum Gasteiger partial charge on any atom is 0.162 e. The van der Waals surface area contributed by atoms with Crippen molar-refractivity contribution in [3.05, 3.63) is 66.2 Å². The van der Waals surface area contributed by atoms with Gasteiger partial charge in [-0.25, -0.2) is 9.97 Å². The summed E-state index contributed by atoms with van der Waals surface area (Å²) in [6, 6.07) is 20.7. The van der Waals surface area contributed by atoms with E-state index in [0.717, 1.165) is 54.8 Å². The Bertz CT molecular complexity index is 858. The molecule has 0 atom stereocenters. The second-order valence-corrected chi connectivity index (χ2v) is 6.27. The van der Waals surface area contributed by atoms with E-state index in [1.165, 1.54) is 5.56 Å². The summed E-state index contributed by atoms with van der Waals surface area (Å²) in [5.74, 6) is 1.73. The van der Waals surface area contributed by atoms with Crippen LogP contribution in [0.3, 0.4) is 0 Å². The average molecular weight is 331 g/mol. The zero-order valence-electron chi connectivity index (χ0n) is 14.4. The highest BCUT2D eigenvalue weighted by Gasteiger charge is 2.16. The lowest BCUT2D eigenvalue weighted by molar-refractivity contribution is 0.122. The van der Waals surface area contributed by atoms with Crippen molar-refractivity contribution < 1.29 is 4.74 Å². The van der Waals surface area contributed by atoms with E-state index in [0.29, 0.717) is 0 Å². The Hall–Kier alpha value is -2.72. The fourth-order valence-corrected chi connectivity index (χ4v) is 3.06. The van der Waals surface area contributed by atoms with Gasteiger partial charge in [-0.1, -0.05) is 54.1 Å². The third-order valence-corrected chi connectivity index (χ3v) is 4.39. The minimum Gasteiger partial charge on any atom is -0.378 e. The standard InChI is InChI=1S/C21H21N3O/c1-16-6-5-9-18(14-16)19-15-20(24-10-12-25-13-11-24)23-21(22-19)17-7-3-2-4-8-17/h2-9,14-15H,10-13H2,1H3. The molecule has 1 aliphatic heterocycles. The van der Waals surface area contributed by atoms with Crippen LogP contribution in [0.1, 0.15) is 5.56 Å². The number of hydrogen-bond donors (Lipinski definition) is 0. The number of hydrogen-bond acceptors (Lipinski definition) is 4. The van der Waals surface area contributed by atoms with Crippen LogP contribution in [-0.4, -0.2) is 36.3 Å². The van der Waals surface area contributed by atoms with Crippen molar-refractivity contribution in [2.75, 3.05) is 31.2 Å². The number of aryl methyl sites for hydroxylation is 1. The highest BCUT2D eigenvalue weighted by Crippen LogP contribution is 2.27. The highest BCUT2D eigenvalue weighted by atomic mass is 16.5. The zero-order valence-corrected chi connectivity index (χ0v) is 14.4. The quantitative estimate of drug-likeness (QED) is 0.728. The lowest BCUT2D eigenvalue weighted by Crippen LogP contribution is -2.36. The Morgan fingerprint density at radius 3 is 2.36 bits per heavy atom. The molecule has 1 saturated heterocycles. The molecule has 4 heteroatoms. The van der Waals surface area contributed by atoms with E-state index in [-0.39, 0.29) is 0 Å². The molecule has 25 heavy (non-hydrogen) atoms. The third kappa shape index (κ3) is 3.54. The molecule has 1 aliphatic rings. The van der Waals surface area contributed by atoms with Gasteiger partial charge in [-0.3, -0.25) is 0 Å². The van der Waals surface area contributed by atoms with Gasteiger partial charge in [-0.15, -0.1) is 0 Å². The van der Waals surface area contributed by atoms with E-state index in [9.17, 15) is 0 Å². The van der Waals surface area contributed by atoms with Crippen molar-refractivity contribution in [1.82, 2.24) is 9.97 Å². The molecule has 0 N–H and O–H groups in total. The predicted molar refractivity (Wildman–Crippen MR) is 101 cm³/mol. The minimum absolute atomic E-state index is 0.741. The van der Waals surface area contributed by atoms with E-state index in [1.807, 2.05) is 18.2 Å². The first-order valence-electron chi connectivity index (χ1n) is 8.64. The van der Waals surface area contributed by atoms with Crippen molar-refractivity contribution in [3.8, 4) is 22.6 Å². The molecular formula is C21H21N3O. The molecule has 0 spiro atoms. The van der Waals surface area contributed by atoms with Crippen molar-refractivity contribution >= 4 is 5.82 Å². The van der Waals surface area contributed by atoms with Gasteiger partial charge >= 0.3 is 0 Å². The minimum atomic E-state index is 0.741. The van der Waals surface area contributed by atoms with Crippen LogP contribution >= 0.6 is 0 Å². The third-order valence-electron chi connectivity index (χ3n) is 4.39. The van der Waals surface area contributed by atoms with Gasteiger partial charge in [0.2, 0.25) is 0 Å². The van der Waals surface area contributed by atoms with Gasteiger partial charge in [0.1, 0.15) is 5.82 Å². The van der Waals surface area contributed by atoms with E-state index in [1.54, 1.807) is 0 Å². The van der Waals surface area contributed by atoms with Crippen LogP contribution in [-0.2, 0) is 4.74 Å². The van der Waals surface area contributed by atoms with Gasteiger partial charge in [0.15, 0.2) is 5.82 Å². The molecule has 0 aliphatic carbocycles. The maximum atomic E-state index is 5.48. The highest BCUT2D eigenvalue weighted by molar-refractivity contribution is 5.68. The normalized spacial score (nSPS) is 14.5. The monoisotopic (exact) mass is 331 g/mol. The van der Waals surface area contributed by atoms with Crippen LogP contribution in [0, 0.1) is 6.92 Å². The van der Waals surface area contributed by atoms with E-state index in [4.69, 9.17) is 14.7 Å². The topological polar surface area (TPSA) is 38.2 Å². The first-order chi connectivity index (χ1) is 12.3. The summed E-state index contributed by atoms with van der Waals surface area (Å²) >= 11 is 0. The van der Waals surface area contributed by atoms with Crippen molar-refractivity contribution in [3.63, 3.8) is 0 Å². The summed E-state index contributed by atoms with van der Waals surface area (Å²) in [5, 5.41) is 0. The van der Waals surface area contributed by atoms with Crippen molar-refractivity contribution in [2.24, 2.45) is 0 Å². The summed E-state index contributed by atoms with van der Waals surface area (Å²) in [7, 11) is 0. The summed E-state index contributed by atoms with van der Waals surface area (Å²) < 4.78 is 5.48. The first kappa shape index (κ1) is 15.8. The molecular weight excluding hydrogens is 310 g/mol. The second kappa shape index (κ2) is 7.03. The molecule has 0 saturated carbocycles. The van der Waals surface area contributed by atoms with Crippen molar-refractivity contribution in [2.45, 2.75) is 6.92 Å². The molecule has 3 aromatic rings. The Kier molecular flexibility index (Phi) is 4.44. The number of rotatable bonds is 3. The van der Waals surface area contributed by atoms with Crippen LogP contribution < -0.4 is 4.90 Å². The Morgan fingerprint density at radius 1 is 0.840 bits per heavy atom. The van der Waals surface area contributed by atoms with Crippen LogP contribution in [0.5, 0.6) is 0 Å². The molecule has 0 radical (unpaired) electrons. The van der Waals surface area contributed by atoms with Crippen molar-refractivity contribution in [1.29, 1.82) is 0 Å². The largest absolute Gasteiger partial charge is 0.378 e. The Labute approximate surface area is 148 Å². The maximum absolute atomic E-state index is 5.48. The molecule has 126 valence electrons.